The maximum absolute atomic E-state index is 10.8. The van der Waals surface area contributed by atoms with Crippen LogP contribution in [-0.4, -0.2) is 12.1 Å². The highest BCUT2D eigenvalue weighted by Gasteiger charge is 2.22. The van der Waals surface area contributed by atoms with Crippen molar-refractivity contribution in [1.29, 1.82) is 0 Å². The molecule has 0 aromatic rings. The van der Waals surface area contributed by atoms with Crippen LogP contribution in [0.4, 0.5) is 0 Å². The van der Waals surface area contributed by atoms with Crippen LogP contribution in [0.15, 0.2) is 23.3 Å². The molecule has 0 bridgehead atoms. The van der Waals surface area contributed by atoms with Crippen LogP contribution < -0.4 is 0 Å². The Hall–Kier alpha value is -1.05. The van der Waals surface area contributed by atoms with Crippen molar-refractivity contribution in [1.82, 2.24) is 0 Å². The topological polar surface area (TPSA) is 26.3 Å². The Kier molecular flexibility index (Phi) is 3.50. The molecule has 2 unspecified atom stereocenters. The number of ether oxygens (including phenoxy) is 1. The van der Waals surface area contributed by atoms with E-state index in [0.717, 1.165) is 6.42 Å². The fourth-order valence-corrected chi connectivity index (χ4v) is 1.93. The Morgan fingerprint density at radius 3 is 2.71 bits per heavy atom. The van der Waals surface area contributed by atoms with E-state index >= 15 is 0 Å². The smallest absolute Gasteiger partial charge is 0.302 e. The van der Waals surface area contributed by atoms with Crippen LogP contribution in [0.2, 0.25) is 0 Å². The minimum absolute atomic E-state index is 0.0203. The third-order valence-electron chi connectivity index (χ3n) is 2.65. The van der Waals surface area contributed by atoms with Gasteiger partial charge in [-0.2, -0.15) is 0 Å². The lowest BCUT2D eigenvalue weighted by atomic mass is 9.86. The number of carbonyl (C=O) groups is 1. The van der Waals surface area contributed by atoms with Crippen LogP contribution in [-0.2, 0) is 9.53 Å². The van der Waals surface area contributed by atoms with Gasteiger partial charge in [-0.05, 0) is 27.2 Å². The first kappa shape index (κ1) is 11.0. The van der Waals surface area contributed by atoms with Gasteiger partial charge in [-0.1, -0.05) is 23.3 Å². The van der Waals surface area contributed by atoms with E-state index in [-0.39, 0.29) is 12.1 Å². The SMILES string of the molecule is CC(=O)OC(C)C1CC=C(C)C=C1C. The molecule has 78 valence electrons. The van der Waals surface area contributed by atoms with Crippen LogP contribution >= 0.6 is 0 Å². The van der Waals surface area contributed by atoms with Crippen molar-refractivity contribution < 1.29 is 9.53 Å². The first-order valence-corrected chi connectivity index (χ1v) is 5.03. The van der Waals surface area contributed by atoms with Gasteiger partial charge in [-0.15, -0.1) is 0 Å². The molecule has 2 atom stereocenters. The summed E-state index contributed by atoms with van der Waals surface area (Å²) in [6.45, 7) is 7.61. The summed E-state index contributed by atoms with van der Waals surface area (Å²) in [7, 11) is 0. The predicted molar refractivity (Wildman–Crippen MR) is 56.8 cm³/mol. The number of esters is 1. The molecule has 1 aliphatic rings. The highest BCUT2D eigenvalue weighted by molar-refractivity contribution is 5.66. The van der Waals surface area contributed by atoms with Crippen LogP contribution in [0.25, 0.3) is 0 Å². The van der Waals surface area contributed by atoms with E-state index in [4.69, 9.17) is 4.74 Å². The molecule has 1 rings (SSSR count). The monoisotopic (exact) mass is 194 g/mol. The van der Waals surface area contributed by atoms with Gasteiger partial charge < -0.3 is 4.74 Å². The van der Waals surface area contributed by atoms with Gasteiger partial charge in [0, 0.05) is 12.8 Å². The molecule has 0 aliphatic heterocycles. The minimum atomic E-state index is -0.198. The highest BCUT2D eigenvalue weighted by Crippen LogP contribution is 2.27. The molecule has 1 aliphatic carbocycles. The maximum atomic E-state index is 10.8. The van der Waals surface area contributed by atoms with Crippen molar-refractivity contribution in [2.75, 3.05) is 0 Å². The Morgan fingerprint density at radius 2 is 2.21 bits per heavy atom. The van der Waals surface area contributed by atoms with Crippen LogP contribution in [0.3, 0.4) is 0 Å². The van der Waals surface area contributed by atoms with Crippen molar-refractivity contribution in [3.8, 4) is 0 Å². The number of carbonyl (C=O) groups excluding carboxylic acids is 1. The van der Waals surface area contributed by atoms with Crippen molar-refractivity contribution in [3.63, 3.8) is 0 Å². The Bertz CT molecular complexity index is 287. The van der Waals surface area contributed by atoms with Crippen molar-refractivity contribution >= 4 is 5.97 Å². The second-order valence-electron chi connectivity index (χ2n) is 3.99. The number of allylic oxidation sites excluding steroid dienone is 3. The van der Waals surface area contributed by atoms with E-state index in [0.29, 0.717) is 5.92 Å². The summed E-state index contributed by atoms with van der Waals surface area (Å²) in [5, 5.41) is 0. The molecule has 0 radical (unpaired) electrons. The Labute approximate surface area is 85.6 Å². The summed E-state index contributed by atoms with van der Waals surface area (Å²) in [6.07, 6.45) is 5.31. The normalized spacial score (nSPS) is 23.6. The van der Waals surface area contributed by atoms with Crippen LogP contribution in [0, 0.1) is 5.92 Å². The molecule has 0 heterocycles. The molecule has 0 spiro atoms. The summed E-state index contributed by atoms with van der Waals surface area (Å²) < 4.78 is 5.19. The molecule has 0 saturated carbocycles. The zero-order valence-corrected chi connectivity index (χ0v) is 9.33. The van der Waals surface area contributed by atoms with Crippen molar-refractivity contribution in [2.45, 2.75) is 40.2 Å². The molecule has 2 heteroatoms. The lowest BCUT2D eigenvalue weighted by Crippen LogP contribution is -2.24. The van der Waals surface area contributed by atoms with Gasteiger partial charge >= 0.3 is 5.97 Å². The number of rotatable bonds is 2. The van der Waals surface area contributed by atoms with Gasteiger partial charge in [0.25, 0.3) is 0 Å². The third-order valence-corrected chi connectivity index (χ3v) is 2.65. The zero-order chi connectivity index (χ0) is 10.7. The summed E-state index contributed by atoms with van der Waals surface area (Å²) in [6, 6.07) is 0. The number of hydrogen-bond acceptors (Lipinski definition) is 2. The highest BCUT2D eigenvalue weighted by atomic mass is 16.5. The first-order chi connectivity index (χ1) is 6.50. The molecule has 0 aromatic heterocycles. The molecule has 0 aromatic carbocycles. The number of hydrogen-bond donors (Lipinski definition) is 0. The van der Waals surface area contributed by atoms with Gasteiger partial charge in [0.2, 0.25) is 0 Å². The Balaban J connectivity index is 2.63. The zero-order valence-electron chi connectivity index (χ0n) is 9.33. The maximum Gasteiger partial charge on any atom is 0.302 e. The summed E-state index contributed by atoms with van der Waals surface area (Å²) in [5.74, 6) is 0.152. The second-order valence-corrected chi connectivity index (χ2v) is 3.99. The third kappa shape index (κ3) is 2.72. The van der Waals surface area contributed by atoms with Crippen LogP contribution in [0.5, 0.6) is 0 Å². The lowest BCUT2D eigenvalue weighted by molar-refractivity contribution is -0.147. The molecular formula is C12H18O2. The average Bonchev–Trinajstić information content (AvgIpc) is 2.01. The quantitative estimate of drug-likeness (QED) is 0.632. The fraction of sp³-hybridized carbons (Fsp3) is 0.583. The molecule has 0 fully saturated rings. The van der Waals surface area contributed by atoms with E-state index in [9.17, 15) is 4.79 Å². The van der Waals surface area contributed by atoms with E-state index in [1.165, 1.54) is 18.1 Å². The minimum Gasteiger partial charge on any atom is -0.462 e. The molecule has 0 saturated heterocycles. The van der Waals surface area contributed by atoms with Gasteiger partial charge in [0.1, 0.15) is 6.10 Å². The molecule has 2 nitrogen and oxygen atoms in total. The first-order valence-electron chi connectivity index (χ1n) is 5.03. The van der Waals surface area contributed by atoms with Crippen LogP contribution in [0.1, 0.15) is 34.1 Å². The summed E-state index contributed by atoms with van der Waals surface area (Å²) >= 11 is 0. The molecule has 14 heavy (non-hydrogen) atoms. The van der Waals surface area contributed by atoms with E-state index in [1.54, 1.807) is 0 Å². The van der Waals surface area contributed by atoms with Crippen molar-refractivity contribution in [3.05, 3.63) is 23.3 Å². The van der Waals surface area contributed by atoms with E-state index < -0.39 is 0 Å². The standard InChI is InChI=1S/C12H18O2/c1-8-5-6-12(9(2)7-8)10(3)14-11(4)13/h5,7,10,12H,6H2,1-4H3. The molecular weight excluding hydrogens is 176 g/mol. The summed E-state index contributed by atoms with van der Waals surface area (Å²) in [4.78, 5) is 10.8. The molecule has 0 N–H and O–H groups in total. The summed E-state index contributed by atoms with van der Waals surface area (Å²) in [5.41, 5.74) is 2.60. The fourth-order valence-electron chi connectivity index (χ4n) is 1.93. The lowest BCUT2D eigenvalue weighted by Gasteiger charge is -2.26. The Morgan fingerprint density at radius 1 is 1.57 bits per heavy atom. The van der Waals surface area contributed by atoms with E-state index in [2.05, 4.69) is 26.0 Å². The van der Waals surface area contributed by atoms with Gasteiger partial charge in [-0.25, -0.2) is 0 Å². The average molecular weight is 194 g/mol. The van der Waals surface area contributed by atoms with Crippen molar-refractivity contribution in [2.24, 2.45) is 5.92 Å². The van der Waals surface area contributed by atoms with Gasteiger partial charge in [0.15, 0.2) is 0 Å². The van der Waals surface area contributed by atoms with E-state index in [1.807, 2.05) is 6.92 Å². The second kappa shape index (κ2) is 4.45. The molecule has 0 amide bonds. The largest absolute Gasteiger partial charge is 0.462 e. The van der Waals surface area contributed by atoms with Gasteiger partial charge in [-0.3, -0.25) is 4.79 Å². The predicted octanol–water partition coefficient (Wildman–Crippen LogP) is 2.85. The van der Waals surface area contributed by atoms with Gasteiger partial charge in [0.05, 0.1) is 0 Å².